The predicted octanol–water partition coefficient (Wildman–Crippen LogP) is 3.88. The molecule has 0 atom stereocenters. The van der Waals surface area contributed by atoms with Crippen molar-refractivity contribution in [3.05, 3.63) is 24.3 Å². The number of hydrogen-bond donors (Lipinski definition) is 1. The molecule has 0 heterocycles. The van der Waals surface area contributed by atoms with Crippen molar-refractivity contribution in [2.45, 2.75) is 51.2 Å². The molecule has 1 rings (SSSR count). The first-order valence-corrected chi connectivity index (χ1v) is 9.77. The summed E-state index contributed by atoms with van der Waals surface area (Å²) in [5.74, 6) is 1.19. The van der Waals surface area contributed by atoms with E-state index in [1.807, 2.05) is 24.3 Å². The number of rotatable bonds is 11. The van der Waals surface area contributed by atoms with E-state index in [1.54, 1.807) is 21.0 Å². The monoisotopic (exact) mass is 327 g/mol. The smallest absolute Gasteiger partial charge is 0.152 e. The van der Waals surface area contributed by atoms with Gasteiger partial charge < -0.3 is 10.1 Å². The van der Waals surface area contributed by atoms with Crippen LogP contribution < -0.4 is 10.1 Å². The van der Waals surface area contributed by atoms with Crippen molar-refractivity contribution < 1.29 is 13.2 Å². The van der Waals surface area contributed by atoms with Crippen LogP contribution in [0, 0.1) is 0 Å². The molecule has 0 aliphatic heterocycles. The Labute approximate surface area is 135 Å². The number of unbranched alkanes of at least 4 members (excludes halogenated alkanes) is 4. The Kier molecular flexibility index (Phi) is 8.31. The molecule has 1 aromatic rings. The highest BCUT2D eigenvalue weighted by atomic mass is 32.2. The summed E-state index contributed by atoms with van der Waals surface area (Å²) in [4.78, 5) is 0. The highest BCUT2D eigenvalue weighted by Gasteiger charge is 2.14. The Bertz CT molecular complexity index is 509. The van der Waals surface area contributed by atoms with Gasteiger partial charge in [0.2, 0.25) is 0 Å². The van der Waals surface area contributed by atoms with Gasteiger partial charge in [0, 0.05) is 12.2 Å². The third kappa shape index (κ3) is 7.16. The van der Waals surface area contributed by atoms with E-state index in [-0.39, 0.29) is 5.25 Å². The lowest BCUT2D eigenvalue weighted by molar-refractivity contribution is 0.415. The number of hydrogen-bond acceptors (Lipinski definition) is 4. The SMILES string of the molecule is COc1ccc(NCCCCCCCS(=O)(=O)C(C)C)cc1. The lowest BCUT2D eigenvalue weighted by Gasteiger charge is -2.08. The van der Waals surface area contributed by atoms with Crippen LogP contribution in [0.4, 0.5) is 5.69 Å². The van der Waals surface area contributed by atoms with Crippen LogP contribution in [0.2, 0.25) is 0 Å². The topological polar surface area (TPSA) is 55.4 Å². The fourth-order valence-electron chi connectivity index (χ4n) is 2.14. The number of benzene rings is 1. The van der Waals surface area contributed by atoms with Crippen molar-refractivity contribution >= 4 is 15.5 Å². The molecule has 0 radical (unpaired) electrons. The summed E-state index contributed by atoms with van der Waals surface area (Å²) in [6.45, 7) is 4.44. The third-order valence-electron chi connectivity index (χ3n) is 3.74. The molecule has 0 fully saturated rings. The Morgan fingerprint density at radius 1 is 1.00 bits per heavy atom. The molecule has 0 bridgehead atoms. The van der Waals surface area contributed by atoms with Crippen LogP contribution >= 0.6 is 0 Å². The maximum absolute atomic E-state index is 11.6. The zero-order valence-corrected chi connectivity index (χ0v) is 14.8. The predicted molar refractivity (Wildman–Crippen MR) is 93.5 cm³/mol. The Hall–Kier alpha value is -1.23. The van der Waals surface area contributed by atoms with Gasteiger partial charge in [-0.1, -0.05) is 19.3 Å². The maximum atomic E-state index is 11.6. The molecule has 0 spiro atoms. The Balaban J connectivity index is 2.04. The normalized spacial score (nSPS) is 11.6. The number of anilines is 1. The quantitative estimate of drug-likeness (QED) is 0.627. The van der Waals surface area contributed by atoms with Gasteiger partial charge in [-0.05, 0) is 51.0 Å². The highest BCUT2D eigenvalue weighted by molar-refractivity contribution is 7.91. The van der Waals surface area contributed by atoms with Crippen LogP contribution in [0.15, 0.2) is 24.3 Å². The molecule has 0 saturated carbocycles. The minimum Gasteiger partial charge on any atom is -0.497 e. The molecule has 1 N–H and O–H groups in total. The average molecular weight is 327 g/mol. The fraction of sp³-hybridized carbons (Fsp3) is 0.647. The largest absolute Gasteiger partial charge is 0.497 e. The van der Waals surface area contributed by atoms with Gasteiger partial charge in [-0.25, -0.2) is 8.42 Å². The summed E-state index contributed by atoms with van der Waals surface area (Å²) >= 11 is 0. The summed E-state index contributed by atoms with van der Waals surface area (Å²) in [5, 5.41) is 3.13. The molecule has 0 aliphatic rings. The highest BCUT2D eigenvalue weighted by Crippen LogP contribution is 2.15. The molecule has 1 aromatic carbocycles. The average Bonchev–Trinajstić information content (AvgIpc) is 2.50. The van der Waals surface area contributed by atoms with Crippen molar-refractivity contribution in [1.82, 2.24) is 0 Å². The van der Waals surface area contributed by atoms with E-state index in [1.165, 1.54) is 0 Å². The van der Waals surface area contributed by atoms with E-state index in [0.717, 1.165) is 50.1 Å². The molecular weight excluding hydrogens is 298 g/mol. The van der Waals surface area contributed by atoms with Crippen LogP contribution in [0.1, 0.15) is 46.0 Å². The lowest BCUT2D eigenvalue weighted by Crippen LogP contribution is -2.17. The van der Waals surface area contributed by atoms with E-state index in [9.17, 15) is 8.42 Å². The molecule has 0 unspecified atom stereocenters. The van der Waals surface area contributed by atoms with Gasteiger partial charge >= 0.3 is 0 Å². The minimum atomic E-state index is -2.86. The molecule has 5 heteroatoms. The van der Waals surface area contributed by atoms with Gasteiger partial charge in [0.25, 0.3) is 0 Å². The summed E-state index contributed by atoms with van der Waals surface area (Å²) < 4.78 is 28.4. The van der Waals surface area contributed by atoms with Gasteiger partial charge in [-0.15, -0.1) is 0 Å². The number of nitrogens with one attached hydrogen (secondary N) is 1. The van der Waals surface area contributed by atoms with E-state index >= 15 is 0 Å². The Morgan fingerprint density at radius 2 is 1.59 bits per heavy atom. The van der Waals surface area contributed by atoms with E-state index < -0.39 is 9.84 Å². The first-order chi connectivity index (χ1) is 10.5. The molecule has 126 valence electrons. The van der Waals surface area contributed by atoms with Crippen molar-refractivity contribution in [2.24, 2.45) is 0 Å². The van der Waals surface area contributed by atoms with Crippen LogP contribution in [0.3, 0.4) is 0 Å². The second-order valence-corrected chi connectivity index (χ2v) is 8.52. The van der Waals surface area contributed by atoms with Crippen LogP contribution in [0.25, 0.3) is 0 Å². The first kappa shape index (κ1) is 18.8. The van der Waals surface area contributed by atoms with Gasteiger partial charge in [0.15, 0.2) is 9.84 Å². The Morgan fingerprint density at radius 3 is 2.18 bits per heavy atom. The standard InChI is InChI=1S/C17H29NO3S/c1-15(2)22(19,20)14-8-6-4-5-7-13-18-16-9-11-17(21-3)12-10-16/h9-12,15,18H,4-8,13-14H2,1-3H3. The van der Waals surface area contributed by atoms with Gasteiger partial charge in [-0.3, -0.25) is 0 Å². The van der Waals surface area contributed by atoms with Crippen molar-refractivity contribution in [1.29, 1.82) is 0 Å². The molecule has 0 aromatic heterocycles. The van der Waals surface area contributed by atoms with Crippen LogP contribution in [-0.2, 0) is 9.84 Å². The summed E-state index contributed by atoms with van der Waals surface area (Å²) in [6, 6.07) is 7.90. The van der Waals surface area contributed by atoms with Crippen LogP contribution in [-0.4, -0.2) is 33.1 Å². The second-order valence-electron chi connectivity index (χ2n) is 5.84. The van der Waals surface area contributed by atoms with Gasteiger partial charge in [0.05, 0.1) is 18.1 Å². The zero-order valence-electron chi connectivity index (χ0n) is 14.0. The van der Waals surface area contributed by atoms with Gasteiger partial charge in [-0.2, -0.15) is 0 Å². The van der Waals surface area contributed by atoms with Crippen LogP contribution in [0.5, 0.6) is 5.75 Å². The van der Waals surface area contributed by atoms with E-state index in [4.69, 9.17) is 4.74 Å². The summed E-state index contributed by atoms with van der Waals surface area (Å²) in [5.41, 5.74) is 1.10. The number of ether oxygens (including phenoxy) is 1. The molecule has 0 saturated heterocycles. The van der Waals surface area contributed by atoms with E-state index in [0.29, 0.717) is 5.75 Å². The molecule has 4 nitrogen and oxygen atoms in total. The van der Waals surface area contributed by atoms with Crippen molar-refractivity contribution in [2.75, 3.05) is 24.7 Å². The number of methoxy groups -OCH3 is 1. The number of sulfone groups is 1. The molecule has 0 amide bonds. The van der Waals surface area contributed by atoms with Gasteiger partial charge in [0.1, 0.15) is 5.75 Å². The minimum absolute atomic E-state index is 0.249. The van der Waals surface area contributed by atoms with Crippen molar-refractivity contribution in [3.63, 3.8) is 0 Å². The van der Waals surface area contributed by atoms with Crippen molar-refractivity contribution in [3.8, 4) is 5.75 Å². The summed E-state index contributed by atoms with van der Waals surface area (Å²) in [7, 11) is -1.20. The molecule has 0 aliphatic carbocycles. The molecule has 22 heavy (non-hydrogen) atoms. The molecular formula is C17H29NO3S. The second kappa shape index (κ2) is 9.72. The summed E-state index contributed by atoms with van der Waals surface area (Å²) in [6.07, 6.45) is 5.10. The fourth-order valence-corrected chi connectivity index (χ4v) is 3.21. The maximum Gasteiger partial charge on any atom is 0.152 e. The third-order valence-corrected chi connectivity index (χ3v) is 6.04. The lowest BCUT2D eigenvalue weighted by atomic mass is 10.1. The van der Waals surface area contributed by atoms with E-state index in [2.05, 4.69) is 5.32 Å². The first-order valence-electron chi connectivity index (χ1n) is 8.05. The zero-order chi connectivity index (χ0) is 16.4.